The van der Waals surface area contributed by atoms with Crippen molar-refractivity contribution in [1.82, 2.24) is 38.7 Å². The van der Waals surface area contributed by atoms with E-state index in [1.807, 2.05) is 47.6 Å². The molecule has 0 aliphatic rings. The van der Waals surface area contributed by atoms with E-state index in [-0.39, 0.29) is 57.2 Å². The van der Waals surface area contributed by atoms with Crippen LogP contribution in [-0.2, 0) is 44.4 Å². The Morgan fingerprint density at radius 3 is 1.38 bits per heavy atom. The number of aliphatic hydroxyl groups excluding tert-OH is 1. The van der Waals surface area contributed by atoms with Crippen LogP contribution in [0.4, 0.5) is 8.78 Å². The molecule has 10 aromatic rings. The number of hydrogen-bond donors (Lipinski definition) is 1. The van der Waals surface area contributed by atoms with E-state index in [9.17, 15) is 39.6 Å². The third-order valence-electron chi connectivity index (χ3n) is 15.0. The number of halogens is 2. The summed E-state index contributed by atoms with van der Waals surface area (Å²) in [6, 6.07) is 33.6. The molecular weight excluding hydrogens is 1150 g/mol. The van der Waals surface area contributed by atoms with Gasteiger partial charge >= 0.3 is 0 Å². The molecule has 20 heteroatoms. The first-order valence-electron chi connectivity index (χ1n) is 28.7. The fourth-order valence-corrected chi connectivity index (χ4v) is 10.3. The number of carbonyl (C=O) groups excluding carboxylic acids is 1. The van der Waals surface area contributed by atoms with Crippen LogP contribution in [-0.4, -0.2) is 61.3 Å². The third-order valence-corrected chi connectivity index (χ3v) is 15.0. The van der Waals surface area contributed by atoms with Gasteiger partial charge in [-0.25, -0.2) is 18.1 Å². The smallest absolute Gasteiger partial charge is 0.270 e. The maximum Gasteiger partial charge on any atom is 0.270 e. The molecule has 0 amide bonds. The zero-order valence-corrected chi connectivity index (χ0v) is 51.9. The molecule has 0 saturated heterocycles. The van der Waals surface area contributed by atoms with Gasteiger partial charge in [-0.15, -0.1) is 0 Å². The molecule has 0 bridgehead atoms. The summed E-state index contributed by atoms with van der Waals surface area (Å²) in [5.74, 6) is -0.265. The van der Waals surface area contributed by atoms with Gasteiger partial charge in [0.2, 0.25) is 0 Å². The number of ether oxygens (including phenoxy) is 2. The average molecular weight is 1210 g/mol. The van der Waals surface area contributed by atoms with Gasteiger partial charge in [0.1, 0.15) is 34.3 Å². The van der Waals surface area contributed by atoms with Crippen LogP contribution in [0.2, 0.25) is 0 Å². The second-order valence-electron chi connectivity index (χ2n) is 24.8. The van der Waals surface area contributed by atoms with Crippen molar-refractivity contribution in [3.63, 3.8) is 0 Å². The molecule has 4 aromatic carbocycles. The highest BCUT2D eigenvalue weighted by molar-refractivity contribution is 5.92. The SMILES string of the molecule is Cn1nc(-c2cccc(-n3ccc4cc(C(C)(C)C#N)cc(F)c4c3=O)c2C=O)cc(Cc2ccc(OC(C)(C)C)cn2)c1=O.Cn1nc(-c2cccc(-n3ccc4cc(C(C)(C)C#N)cc(F)c4c3=O)c2CO)cc(Cc2ccc(OC(C)(C)C)cn2)c1=O. The fourth-order valence-electron chi connectivity index (χ4n) is 10.3. The Kier molecular flexibility index (Phi) is 17.7. The van der Waals surface area contributed by atoms with Crippen LogP contribution in [0.25, 0.3) is 55.4 Å². The Hall–Kier alpha value is -10.6. The lowest BCUT2D eigenvalue weighted by Gasteiger charge is -2.21. The first-order chi connectivity index (χ1) is 42.4. The molecule has 6 aromatic heterocycles. The highest BCUT2D eigenvalue weighted by atomic mass is 19.1. The number of hydrogen-bond acceptors (Lipinski definition) is 14. The minimum absolute atomic E-state index is 0.127. The van der Waals surface area contributed by atoms with Crippen LogP contribution < -0.4 is 31.7 Å². The number of nitriles is 2. The van der Waals surface area contributed by atoms with Crippen LogP contribution in [0.5, 0.6) is 11.5 Å². The van der Waals surface area contributed by atoms with Gasteiger partial charge in [0.05, 0.1) is 75.5 Å². The highest BCUT2D eigenvalue weighted by Crippen LogP contribution is 2.33. The molecule has 0 aliphatic carbocycles. The lowest BCUT2D eigenvalue weighted by molar-refractivity contribution is 0.112. The summed E-state index contributed by atoms with van der Waals surface area (Å²) < 4.78 is 47.3. The van der Waals surface area contributed by atoms with Crippen LogP contribution in [0.1, 0.15) is 119 Å². The maximum atomic E-state index is 15.4. The van der Waals surface area contributed by atoms with E-state index in [1.165, 1.54) is 50.1 Å². The minimum atomic E-state index is -0.954. The predicted octanol–water partition coefficient (Wildman–Crippen LogP) is 11.0. The Morgan fingerprint density at radius 2 is 0.978 bits per heavy atom. The van der Waals surface area contributed by atoms with Gasteiger partial charge in [-0.2, -0.15) is 20.7 Å². The van der Waals surface area contributed by atoms with Crippen molar-refractivity contribution in [2.24, 2.45) is 14.1 Å². The van der Waals surface area contributed by atoms with E-state index in [0.717, 1.165) is 0 Å². The van der Waals surface area contributed by atoms with Crippen molar-refractivity contribution in [2.75, 3.05) is 0 Å². The van der Waals surface area contributed by atoms with Crippen LogP contribution >= 0.6 is 0 Å². The van der Waals surface area contributed by atoms with Crippen LogP contribution in [0.3, 0.4) is 0 Å². The van der Waals surface area contributed by atoms with Crippen molar-refractivity contribution in [3.05, 3.63) is 232 Å². The van der Waals surface area contributed by atoms with Crippen molar-refractivity contribution in [3.8, 4) is 57.5 Å². The molecule has 0 unspecified atom stereocenters. The fraction of sp³-hybridized carbons (Fsp3) is 0.271. The van der Waals surface area contributed by atoms with Gasteiger partial charge < -0.3 is 14.6 Å². The van der Waals surface area contributed by atoms with E-state index in [4.69, 9.17) is 9.47 Å². The van der Waals surface area contributed by atoms with Gasteiger partial charge in [-0.1, -0.05) is 24.3 Å². The first kappa shape index (κ1) is 63.9. The Balaban J connectivity index is 0.000000213. The molecule has 0 aliphatic heterocycles. The normalized spacial score (nSPS) is 11.8. The second kappa shape index (κ2) is 24.9. The van der Waals surface area contributed by atoms with E-state index >= 15 is 8.78 Å². The molecule has 18 nitrogen and oxygen atoms in total. The van der Waals surface area contributed by atoms with Gasteiger partial charge in [-0.3, -0.25) is 43.1 Å². The standard InChI is InChI=1S/C35H34FN5O4.C35H32FN5O4/c2*1-34(2,3)45-25-11-10-24(38-18-25)15-22-16-29(39-40(6)32(22)43)26-8-7-9-30(27(26)19-42)41-13-12-21-14-23(35(4,5)20-37)17-28(36)31(21)33(41)44/h7-14,16-18,42H,15,19H2,1-6H3;7-14,16-19H,15H2,1-6H3. The lowest BCUT2D eigenvalue weighted by atomic mass is 9.85. The molecule has 458 valence electrons. The summed E-state index contributed by atoms with van der Waals surface area (Å²) >= 11 is 0. The Labute approximate surface area is 517 Å². The second-order valence-corrected chi connectivity index (χ2v) is 24.8. The van der Waals surface area contributed by atoms with E-state index < -0.39 is 40.2 Å². The predicted molar refractivity (Wildman–Crippen MR) is 339 cm³/mol. The number of aliphatic hydroxyl groups is 1. The Morgan fingerprint density at radius 1 is 0.556 bits per heavy atom. The van der Waals surface area contributed by atoms with E-state index in [2.05, 4.69) is 32.3 Å². The Bertz CT molecular complexity index is 4810. The summed E-state index contributed by atoms with van der Waals surface area (Å²) in [6.45, 7) is 17.9. The van der Waals surface area contributed by atoms with Crippen molar-refractivity contribution >= 4 is 27.8 Å². The number of nitrogens with zero attached hydrogens (tertiary/aromatic N) is 10. The molecule has 0 atom stereocenters. The maximum absolute atomic E-state index is 15.4. The first-order valence-corrected chi connectivity index (χ1v) is 28.7. The van der Waals surface area contributed by atoms with Crippen LogP contribution in [0.15, 0.2) is 153 Å². The zero-order valence-electron chi connectivity index (χ0n) is 51.9. The van der Waals surface area contributed by atoms with E-state index in [1.54, 1.807) is 138 Å². The number of pyridine rings is 4. The highest BCUT2D eigenvalue weighted by Gasteiger charge is 2.26. The topological polar surface area (TPSA) is 243 Å². The van der Waals surface area contributed by atoms with Crippen molar-refractivity contribution in [1.29, 1.82) is 10.5 Å². The number of fused-ring (bicyclic) bond motifs is 2. The number of rotatable bonds is 14. The molecule has 1 N–H and O–H groups in total. The molecule has 6 heterocycles. The van der Waals surface area contributed by atoms with Crippen molar-refractivity contribution < 1.29 is 28.2 Å². The summed E-state index contributed by atoms with van der Waals surface area (Å²) in [7, 11) is 3.07. The quantitative estimate of drug-likeness (QED) is 0.0996. The van der Waals surface area contributed by atoms with Crippen molar-refractivity contribution in [2.45, 2.75) is 111 Å². The zero-order chi connectivity index (χ0) is 65.4. The third kappa shape index (κ3) is 13.4. The number of carbonyl (C=O) groups is 1. The molecule has 10 rings (SSSR count). The van der Waals surface area contributed by atoms with Gasteiger partial charge in [0.25, 0.3) is 22.2 Å². The van der Waals surface area contributed by atoms with Crippen LogP contribution in [0, 0.1) is 34.3 Å². The summed E-state index contributed by atoms with van der Waals surface area (Å²) in [4.78, 5) is 74.8. The molecule has 0 saturated carbocycles. The number of aromatic nitrogens is 8. The number of aldehydes is 1. The molecule has 90 heavy (non-hydrogen) atoms. The monoisotopic (exact) mass is 1210 g/mol. The minimum Gasteiger partial charge on any atom is -0.487 e. The summed E-state index contributed by atoms with van der Waals surface area (Å²) in [6.07, 6.45) is 7.27. The lowest BCUT2D eigenvalue weighted by Crippen LogP contribution is -2.25. The van der Waals surface area contributed by atoms with Gasteiger partial charge in [0, 0.05) is 84.1 Å². The largest absolute Gasteiger partial charge is 0.487 e. The van der Waals surface area contributed by atoms with E-state index in [0.29, 0.717) is 96.0 Å². The summed E-state index contributed by atoms with van der Waals surface area (Å²) in [5, 5.41) is 38.8. The molecular formula is C70H66F2N10O8. The number of benzene rings is 4. The molecule has 0 fully saturated rings. The average Bonchev–Trinajstić information content (AvgIpc) is 0.827. The molecule has 0 radical (unpaired) electrons. The molecule has 0 spiro atoms. The van der Waals surface area contributed by atoms with Gasteiger partial charge in [0.15, 0.2) is 6.29 Å². The van der Waals surface area contributed by atoms with Gasteiger partial charge in [-0.05, 0) is 176 Å². The summed E-state index contributed by atoms with van der Waals surface area (Å²) in [5.41, 5.74) is 1.25. The number of aryl methyl sites for hydroxylation is 2.